The standard InChI is InChI=1S/C4H10O3S/c5-1-3(6)4(7)2-8/h3-8H,1-2H2/t3-,4+/m1/s1. The molecule has 0 amide bonds. The van der Waals surface area contributed by atoms with Gasteiger partial charge in [0.1, 0.15) is 6.10 Å². The van der Waals surface area contributed by atoms with Crippen LogP contribution in [-0.4, -0.2) is 39.9 Å². The summed E-state index contributed by atoms with van der Waals surface area (Å²) in [6, 6.07) is 0. The maximum atomic E-state index is 8.64. The molecule has 3 nitrogen and oxygen atoms in total. The highest BCUT2D eigenvalue weighted by Crippen LogP contribution is 1.93. The van der Waals surface area contributed by atoms with E-state index in [9.17, 15) is 0 Å². The lowest BCUT2D eigenvalue weighted by Crippen LogP contribution is -2.30. The highest BCUT2D eigenvalue weighted by molar-refractivity contribution is 7.80. The maximum absolute atomic E-state index is 8.64. The first-order valence-electron chi connectivity index (χ1n) is 2.30. The van der Waals surface area contributed by atoms with Gasteiger partial charge in [0.15, 0.2) is 0 Å². The summed E-state index contributed by atoms with van der Waals surface area (Å²) in [5.41, 5.74) is 0. The predicted molar refractivity (Wildman–Crippen MR) is 33.0 cm³/mol. The van der Waals surface area contributed by atoms with Crippen LogP contribution in [0.4, 0.5) is 0 Å². The van der Waals surface area contributed by atoms with E-state index in [0.29, 0.717) is 0 Å². The summed E-state index contributed by atoms with van der Waals surface area (Å²) in [7, 11) is 0. The number of thiol groups is 1. The molecule has 0 saturated carbocycles. The molecule has 0 aliphatic carbocycles. The lowest BCUT2D eigenvalue weighted by Gasteiger charge is -2.11. The van der Waals surface area contributed by atoms with Crippen molar-refractivity contribution in [3.8, 4) is 0 Å². The van der Waals surface area contributed by atoms with Crippen LogP contribution in [-0.2, 0) is 0 Å². The summed E-state index contributed by atoms with van der Waals surface area (Å²) in [6.07, 6.45) is -1.96. The minimum atomic E-state index is -1.05. The zero-order valence-electron chi connectivity index (χ0n) is 4.36. The second kappa shape index (κ2) is 4.14. The number of hydrogen-bond acceptors (Lipinski definition) is 4. The normalized spacial score (nSPS) is 18.0. The smallest absolute Gasteiger partial charge is 0.104 e. The summed E-state index contributed by atoms with van der Waals surface area (Å²) in [5.74, 6) is 0.168. The van der Waals surface area contributed by atoms with Gasteiger partial charge in [-0.1, -0.05) is 0 Å². The number of aliphatic hydroxyl groups is 3. The Bertz CT molecular complexity index is 51.2. The summed E-state index contributed by atoms with van der Waals surface area (Å²) in [5, 5.41) is 25.4. The minimum absolute atomic E-state index is 0.168. The van der Waals surface area contributed by atoms with Gasteiger partial charge < -0.3 is 15.3 Å². The van der Waals surface area contributed by atoms with Crippen LogP contribution >= 0.6 is 12.6 Å². The molecule has 0 aromatic carbocycles. The van der Waals surface area contributed by atoms with Crippen molar-refractivity contribution >= 4 is 12.6 Å². The first-order valence-corrected chi connectivity index (χ1v) is 2.93. The largest absolute Gasteiger partial charge is 0.394 e. The Morgan fingerprint density at radius 1 is 1.25 bits per heavy atom. The summed E-state index contributed by atoms with van der Waals surface area (Å²) in [4.78, 5) is 0. The zero-order valence-corrected chi connectivity index (χ0v) is 5.25. The Kier molecular flexibility index (Phi) is 4.26. The Balaban J connectivity index is 3.29. The monoisotopic (exact) mass is 138 g/mol. The molecule has 0 saturated heterocycles. The molecule has 0 fully saturated rings. The molecule has 0 radical (unpaired) electrons. The van der Waals surface area contributed by atoms with Crippen molar-refractivity contribution in [1.82, 2.24) is 0 Å². The van der Waals surface area contributed by atoms with Crippen LogP contribution in [0.15, 0.2) is 0 Å². The van der Waals surface area contributed by atoms with Crippen LogP contribution in [0, 0.1) is 0 Å². The molecule has 0 aromatic heterocycles. The lowest BCUT2D eigenvalue weighted by atomic mass is 10.2. The highest BCUT2D eigenvalue weighted by Gasteiger charge is 2.11. The number of aliphatic hydroxyl groups excluding tert-OH is 3. The minimum Gasteiger partial charge on any atom is -0.394 e. The van der Waals surface area contributed by atoms with Gasteiger partial charge in [-0.3, -0.25) is 0 Å². The Hall–Kier alpha value is 0.230. The molecule has 0 aromatic rings. The maximum Gasteiger partial charge on any atom is 0.104 e. The molecule has 0 unspecified atom stereocenters. The van der Waals surface area contributed by atoms with Gasteiger partial charge >= 0.3 is 0 Å². The fourth-order valence-electron chi connectivity index (χ4n) is 0.243. The van der Waals surface area contributed by atoms with Gasteiger partial charge in [-0.05, 0) is 0 Å². The quantitative estimate of drug-likeness (QED) is 0.364. The van der Waals surface area contributed by atoms with Gasteiger partial charge in [-0.25, -0.2) is 0 Å². The summed E-state index contributed by atoms with van der Waals surface area (Å²) >= 11 is 3.69. The third-order valence-corrected chi connectivity index (χ3v) is 1.19. The molecule has 8 heavy (non-hydrogen) atoms. The number of hydrogen-bond donors (Lipinski definition) is 4. The van der Waals surface area contributed by atoms with Gasteiger partial charge in [0.25, 0.3) is 0 Å². The van der Waals surface area contributed by atoms with E-state index < -0.39 is 18.8 Å². The SMILES string of the molecule is OC[C@@H](O)[C@@H](O)CS. The van der Waals surface area contributed by atoms with E-state index in [4.69, 9.17) is 15.3 Å². The molecule has 3 N–H and O–H groups in total. The first kappa shape index (κ1) is 8.23. The lowest BCUT2D eigenvalue weighted by molar-refractivity contribution is -0.00173. The average molecular weight is 138 g/mol. The molecule has 4 heteroatoms. The van der Waals surface area contributed by atoms with E-state index in [1.807, 2.05) is 0 Å². The Labute approximate surface area is 53.4 Å². The van der Waals surface area contributed by atoms with Crippen LogP contribution < -0.4 is 0 Å². The molecular weight excluding hydrogens is 128 g/mol. The van der Waals surface area contributed by atoms with E-state index in [1.54, 1.807) is 0 Å². The van der Waals surface area contributed by atoms with Gasteiger partial charge in [0, 0.05) is 5.75 Å². The van der Waals surface area contributed by atoms with E-state index >= 15 is 0 Å². The van der Waals surface area contributed by atoms with Crippen molar-refractivity contribution in [3.63, 3.8) is 0 Å². The Morgan fingerprint density at radius 2 is 1.75 bits per heavy atom. The van der Waals surface area contributed by atoms with Gasteiger partial charge in [0.05, 0.1) is 12.7 Å². The van der Waals surface area contributed by atoms with Crippen molar-refractivity contribution in [3.05, 3.63) is 0 Å². The first-order chi connectivity index (χ1) is 3.72. The second-order valence-electron chi connectivity index (χ2n) is 1.50. The van der Waals surface area contributed by atoms with Crippen molar-refractivity contribution in [2.24, 2.45) is 0 Å². The van der Waals surface area contributed by atoms with Crippen LogP contribution in [0.1, 0.15) is 0 Å². The van der Waals surface area contributed by atoms with Gasteiger partial charge in [-0.15, -0.1) is 0 Å². The highest BCUT2D eigenvalue weighted by atomic mass is 32.1. The second-order valence-corrected chi connectivity index (χ2v) is 1.86. The molecule has 50 valence electrons. The zero-order chi connectivity index (χ0) is 6.57. The summed E-state index contributed by atoms with van der Waals surface area (Å²) < 4.78 is 0. The van der Waals surface area contributed by atoms with Crippen LogP contribution in [0.25, 0.3) is 0 Å². The van der Waals surface area contributed by atoms with Gasteiger partial charge in [0.2, 0.25) is 0 Å². The molecule has 0 heterocycles. The molecule has 0 aliphatic heterocycles. The molecule has 0 rings (SSSR count). The van der Waals surface area contributed by atoms with Crippen LogP contribution in [0.5, 0.6) is 0 Å². The van der Waals surface area contributed by atoms with E-state index in [2.05, 4.69) is 12.6 Å². The van der Waals surface area contributed by atoms with Crippen molar-refractivity contribution in [2.45, 2.75) is 12.2 Å². The van der Waals surface area contributed by atoms with Gasteiger partial charge in [-0.2, -0.15) is 12.6 Å². The molecule has 0 aliphatic rings. The van der Waals surface area contributed by atoms with Crippen molar-refractivity contribution in [1.29, 1.82) is 0 Å². The Morgan fingerprint density at radius 3 is 1.88 bits per heavy atom. The van der Waals surface area contributed by atoms with E-state index in [1.165, 1.54) is 0 Å². The topological polar surface area (TPSA) is 60.7 Å². The van der Waals surface area contributed by atoms with Crippen LogP contribution in [0.3, 0.4) is 0 Å². The number of rotatable bonds is 3. The fourth-order valence-corrected chi connectivity index (χ4v) is 0.487. The average Bonchev–Trinajstić information content (AvgIpc) is 1.84. The third-order valence-electron chi connectivity index (χ3n) is 0.818. The molecule has 2 atom stereocenters. The molecule has 0 spiro atoms. The van der Waals surface area contributed by atoms with E-state index in [-0.39, 0.29) is 5.75 Å². The molecule has 0 bridgehead atoms. The molecular formula is C4H10O3S. The summed E-state index contributed by atoms with van der Waals surface area (Å²) in [6.45, 7) is -0.415. The van der Waals surface area contributed by atoms with Crippen molar-refractivity contribution < 1.29 is 15.3 Å². The third kappa shape index (κ3) is 2.52. The van der Waals surface area contributed by atoms with Crippen LogP contribution in [0.2, 0.25) is 0 Å². The predicted octanol–water partition coefficient (Wildman–Crippen LogP) is -1.37. The van der Waals surface area contributed by atoms with Crippen molar-refractivity contribution in [2.75, 3.05) is 12.4 Å². The fraction of sp³-hybridized carbons (Fsp3) is 1.00. The van der Waals surface area contributed by atoms with E-state index in [0.717, 1.165) is 0 Å².